The molecule has 2 amide bonds. The average Bonchev–Trinajstić information content (AvgIpc) is 2.49. The summed E-state index contributed by atoms with van der Waals surface area (Å²) in [7, 11) is 1.57. The van der Waals surface area contributed by atoms with E-state index in [2.05, 4.69) is 10.6 Å². The van der Waals surface area contributed by atoms with E-state index in [1.54, 1.807) is 7.11 Å². The molecule has 0 radical (unpaired) electrons. The van der Waals surface area contributed by atoms with Gasteiger partial charge < -0.3 is 20.5 Å². The number of unbranched alkanes of at least 4 members (excludes halogenated alkanes) is 1. The van der Waals surface area contributed by atoms with Gasteiger partial charge >= 0.3 is 12.0 Å². The largest absolute Gasteiger partial charge is 0.497 e. The monoisotopic (exact) mass is 294 g/mol. The molecule has 116 valence electrons. The van der Waals surface area contributed by atoms with Crippen molar-refractivity contribution in [1.29, 1.82) is 0 Å². The van der Waals surface area contributed by atoms with Crippen molar-refractivity contribution in [3.63, 3.8) is 0 Å². The number of benzene rings is 1. The number of urea groups is 1. The minimum Gasteiger partial charge on any atom is -0.497 e. The number of carbonyl (C=O) groups is 2. The van der Waals surface area contributed by atoms with Crippen LogP contribution in [0.1, 0.15) is 31.7 Å². The fraction of sp³-hybridized carbons (Fsp3) is 0.467. The minimum atomic E-state index is -1.01. The van der Waals surface area contributed by atoms with Gasteiger partial charge in [-0.3, -0.25) is 0 Å². The van der Waals surface area contributed by atoms with Crippen molar-refractivity contribution in [1.82, 2.24) is 10.6 Å². The van der Waals surface area contributed by atoms with Crippen LogP contribution < -0.4 is 15.4 Å². The summed E-state index contributed by atoms with van der Waals surface area (Å²) in [5, 5.41) is 14.2. The second-order valence-electron chi connectivity index (χ2n) is 4.71. The zero-order valence-electron chi connectivity index (χ0n) is 12.4. The summed E-state index contributed by atoms with van der Waals surface area (Å²) < 4.78 is 5.10. The Bertz CT molecular complexity index is 476. The predicted octanol–water partition coefficient (Wildman–Crippen LogP) is 2.14. The van der Waals surface area contributed by atoms with Gasteiger partial charge in [-0.25, -0.2) is 9.59 Å². The molecule has 0 aliphatic rings. The van der Waals surface area contributed by atoms with Crippen LogP contribution in [0, 0.1) is 0 Å². The number of carboxylic acid groups (broad SMARTS) is 1. The van der Waals surface area contributed by atoms with Gasteiger partial charge in [0.1, 0.15) is 11.8 Å². The second-order valence-corrected chi connectivity index (χ2v) is 4.71. The van der Waals surface area contributed by atoms with Gasteiger partial charge in [-0.1, -0.05) is 31.9 Å². The maximum atomic E-state index is 11.7. The van der Waals surface area contributed by atoms with Crippen molar-refractivity contribution in [2.45, 2.75) is 38.8 Å². The third-order valence-electron chi connectivity index (χ3n) is 3.04. The Kier molecular flexibility index (Phi) is 7.08. The summed E-state index contributed by atoms with van der Waals surface area (Å²) in [6.07, 6.45) is 2.07. The summed E-state index contributed by atoms with van der Waals surface area (Å²) in [4.78, 5) is 22.8. The molecular formula is C15H22N2O4. The molecule has 6 nitrogen and oxygen atoms in total. The van der Waals surface area contributed by atoms with Gasteiger partial charge in [0.25, 0.3) is 0 Å². The smallest absolute Gasteiger partial charge is 0.326 e. The Morgan fingerprint density at radius 2 is 2.14 bits per heavy atom. The first-order chi connectivity index (χ1) is 10.1. The van der Waals surface area contributed by atoms with E-state index >= 15 is 0 Å². The third-order valence-corrected chi connectivity index (χ3v) is 3.04. The number of nitrogens with one attached hydrogen (secondary N) is 2. The van der Waals surface area contributed by atoms with Crippen molar-refractivity contribution in [3.8, 4) is 5.75 Å². The van der Waals surface area contributed by atoms with Crippen LogP contribution in [0.2, 0.25) is 0 Å². The van der Waals surface area contributed by atoms with Gasteiger partial charge in [-0.05, 0) is 24.1 Å². The maximum Gasteiger partial charge on any atom is 0.326 e. The molecule has 6 heteroatoms. The first-order valence-corrected chi connectivity index (χ1v) is 6.97. The van der Waals surface area contributed by atoms with Crippen LogP contribution in [-0.4, -0.2) is 30.3 Å². The summed E-state index contributed by atoms with van der Waals surface area (Å²) in [6.45, 7) is 2.28. The standard InChI is InChI=1S/C15H22N2O4/c1-3-4-8-13(14(18)19)17-15(20)16-10-11-6-5-7-12(9-11)21-2/h5-7,9,13H,3-4,8,10H2,1-2H3,(H,18,19)(H2,16,17,20)/t13-/m0/s1. The number of methoxy groups -OCH3 is 1. The molecule has 1 aromatic rings. The highest BCUT2D eigenvalue weighted by Crippen LogP contribution is 2.12. The lowest BCUT2D eigenvalue weighted by Crippen LogP contribution is -2.45. The van der Waals surface area contributed by atoms with Crippen LogP contribution in [0.15, 0.2) is 24.3 Å². The number of carboxylic acids is 1. The van der Waals surface area contributed by atoms with Gasteiger partial charge in [0, 0.05) is 6.54 Å². The Morgan fingerprint density at radius 3 is 2.76 bits per heavy atom. The van der Waals surface area contributed by atoms with E-state index in [1.807, 2.05) is 31.2 Å². The summed E-state index contributed by atoms with van der Waals surface area (Å²) >= 11 is 0. The van der Waals surface area contributed by atoms with Crippen LogP contribution in [0.4, 0.5) is 4.79 Å². The fourth-order valence-electron chi connectivity index (χ4n) is 1.84. The van der Waals surface area contributed by atoms with E-state index in [0.29, 0.717) is 18.7 Å². The zero-order chi connectivity index (χ0) is 15.7. The Labute approximate surface area is 124 Å². The zero-order valence-corrected chi connectivity index (χ0v) is 12.4. The summed E-state index contributed by atoms with van der Waals surface area (Å²) in [5.41, 5.74) is 0.880. The van der Waals surface area contributed by atoms with Crippen molar-refractivity contribution < 1.29 is 19.4 Å². The molecule has 1 aromatic carbocycles. The number of rotatable bonds is 8. The fourth-order valence-corrected chi connectivity index (χ4v) is 1.84. The number of aliphatic carboxylic acids is 1. The van der Waals surface area contributed by atoms with E-state index in [-0.39, 0.29) is 0 Å². The molecule has 0 unspecified atom stereocenters. The number of carbonyl (C=O) groups excluding carboxylic acids is 1. The van der Waals surface area contributed by atoms with E-state index in [4.69, 9.17) is 9.84 Å². The first-order valence-electron chi connectivity index (χ1n) is 6.97. The van der Waals surface area contributed by atoms with Crippen LogP contribution in [0.25, 0.3) is 0 Å². The molecule has 0 aromatic heterocycles. The topological polar surface area (TPSA) is 87.7 Å². The van der Waals surface area contributed by atoms with E-state index in [0.717, 1.165) is 18.4 Å². The Morgan fingerprint density at radius 1 is 1.38 bits per heavy atom. The minimum absolute atomic E-state index is 0.309. The lowest BCUT2D eigenvalue weighted by atomic mass is 10.1. The van der Waals surface area contributed by atoms with Crippen molar-refractivity contribution in [2.75, 3.05) is 7.11 Å². The predicted molar refractivity (Wildman–Crippen MR) is 79.3 cm³/mol. The molecule has 0 saturated heterocycles. The molecule has 0 bridgehead atoms. The van der Waals surface area contributed by atoms with Crippen molar-refractivity contribution in [3.05, 3.63) is 29.8 Å². The molecule has 21 heavy (non-hydrogen) atoms. The van der Waals surface area contributed by atoms with Gasteiger partial charge in [0.15, 0.2) is 0 Å². The Hall–Kier alpha value is -2.24. The van der Waals surface area contributed by atoms with Gasteiger partial charge in [-0.15, -0.1) is 0 Å². The molecule has 0 saturated carbocycles. The van der Waals surface area contributed by atoms with Gasteiger partial charge in [0.05, 0.1) is 7.11 Å². The molecule has 0 heterocycles. The summed E-state index contributed by atoms with van der Waals surface area (Å²) in [5.74, 6) is -0.305. The molecule has 3 N–H and O–H groups in total. The van der Waals surface area contributed by atoms with Gasteiger partial charge in [0.2, 0.25) is 0 Å². The van der Waals surface area contributed by atoms with Crippen LogP contribution >= 0.6 is 0 Å². The van der Waals surface area contributed by atoms with E-state index < -0.39 is 18.0 Å². The SMILES string of the molecule is CCCC[C@H](NC(=O)NCc1cccc(OC)c1)C(=O)O. The molecule has 0 aliphatic carbocycles. The molecule has 1 rings (SSSR count). The highest BCUT2D eigenvalue weighted by molar-refractivity contribution is 5.82. The van der Waals surface area contributed by atoms with Crippen molar-refractivity contribution in [2.24, 2.45) is 0 Å². The molecule has 0 fully saturated rings. The highest BCUT2D eigenvalue weighted by Gasteiger charge is 2.18. The quantitative estimate of drug-likeness (QED) is 0.685. The van der Waals surface area contributed by atoms with Crippen LogP contribution in [-0.2, 0) is 11.3 Å². The maximum absolute atomic E-state index is 11.7. The van der Waals surface area contributed by atoms with Crippen LogP contribution in [0.3, 0.4) is 0 Å². The molecule has 1 atom stereocenters. The average molecular weight is 294 g/mol. The first kappa shape index (κ1) is 16.8. The number of ether oxygens (including phenoxy) is 1. The normalized spacial score (nSPS) is 11.5. The van der Waals surface area contributed by atoms with Crippen molar-refractivity contribution >= 4 is 12.0 Å². The number of hydrogen-bond acceptors (Lipinski definition) is 3. The number of hydrogen-bond donors (Lipinski definition) is 3. The highest BCUT2D eigenvalue weighted by atomic mass is 16.5. The van der Waals surface area contributed by atoms with Gasteiger partial charge in [-0.2, -0.15) is 0 Å². The van der Waals surface area contributed by atoms with Crippen LogP contribution in [0.5, 0.6) is 5.75 Å². The number of amides is 2. The van der Waals surface area contributed by atoms with E-state index in [9.17, 15) is 9.59 Å². The molecule has 0 aliphatic heterocycles. The third kappa shape index (κ3) is 6.16. The molecular weight excluding hydrogens is 272 g/mol. The lowest BCUT2D eigenvalue weighted by Gasteiger charge is -2.15. The Balaban J connectivity index is 2.46. The lowest BCUT2D eigenvalue weighted by molar-refractivity contribution is -0.139. The molecule has 0 spiro atoms. The van der Waals surface area contributed by atoms with E-state index in [1.165, 1.54) is 0 Å². The summed E-state index contributed by atoms with van der Waals surface area (Å²) in [6, 6.07) is 5.97. The second kappa shape index (κ2) is 8.84.